The smallest absolute Gasteiger partial charge is 0.0894 e. The van der Waals surface area contributed by atoms with Gasteiger partial charge in [-0.3, -0.25) is 4.98 Å². The molecule has 0 bridgehead atoms. The zero-order chi connectivity index (χ0) is 11.7. The summed E-state index contributed by atoms with van der Waals surface area (Å²) in [6, 6.07) is 16.0. The number of aromatic nitrogens is 2. The van der Waals surface area contributed by atoms with Gasteiger partial charge in [0.25, 0.3) is 0 Å². The van der Waals surface area contributed by atoms with Gasteiger partial charge in [0.1, 0.15) is 0 Å². The maximum atomic E-state index is 4.60. The maximum absolute atomic E-state index is 4.60. The summed E-state index contributed by atoms with van der Waals surface area (Å²) in [6.45, 7) is 0. The first-order valence-electron chi connectivity index (χ1n) is 5.31. The second-order valence-electron chi connectivity index (χ2n) is 3.75. The summed E-state index contributed by atoms with van der Waals surface area (Å²) in [4.78, 5) is 9.00. The highest BCUT2D eigenvalue weighted by atomic mass is 79.9. The zero-order valence-electron chi connectivity index (χ0n) is 8.97. The Bertz CT molecular complexity index is 662. The Morgan fingerprint density at radius 1 is 0.824 bits per heavy atom. The van der Waals surface area contributed by atoms with Crippen LogP contribution in [-0.4, -0.2) is 9.97 Å². The molecule has 0 aliphatic rings. The molecule has 0 saturated heterocycles. The van der Waals surface area contributed by atoms with Crippen molar-refractivity contribution in [1.29, 1.82) is 0 Å². The lowest BCUT2D eigenvalue weighted by molar-refractivity contribution is 1.29. The highest BCUT2D eigenvalue weighted by molar-refractivity contribution is 9.10. The van der Waals surface area contributed by atoms with Crippen LogP contribution in [0.25, 0.3) is 22.3 Å². The van der Waals surface area contributed by atoms with E-state index in [1.165, 1.54) is 0 Å². The molecule has 2 aromatic carbocycles. The predicted molar refractivity (Wildman–Crippen MR) is 72.7 cm³/mol. The standard InChI is InChI=1S/C14H9BrN2/c15-11-7-5-10(6-8-11)14-9-16-12-3-1-2-4-13(12)17-14/h1-9H. The van der Waals surface area contributed by atoms with Crippen LogP contribution >= 0.6 is 15.9 Å². The first-order valence-corrected chi connectivity index (χ1v) is 6.10. The van der Waals surface area contributed by atoms with Crippen molar-refractivity contribution in [1.82, 2.24) is 9.97 Å². The minimum atomic E-state index is 0.899. The second-order valence-corrected chi connectivity index (χ2v) is 4.67. The third-order valence-corrected chi connectivity index (χ3v) is 3.12. The van der Waals surface area contributed by atoms with Crippen LogP contribution < -0.4 is 0 Å². The van der Waals surface area contributed by atoms with Crippen molar-refractivity contribution in [3.8, 4) is 11.3 Å². The summed E-state index contributed by atoms with van der Waals surface area (Å²) in [5.41, 5.74) is 3.82. The minimum Gasteiger partial charge on any atom is -0.252 e. The SMILES string of the molecule is Brc1ccc(-c2cnc3ccccc3n2)cc1. The Morgan fingerprint density at radius 2 is 1.53 bits per heavy atom. The Hall–Kier alpha value is -1.74. The van der Waals surface area contributed by atoms with E-state index in [-0.39, 0.29) is 0 Å². The van der Waals surface area contributed by atoms with Gasteiger partial charge in [0.2, 0.25) is 0 Å². The molecule has 0 atom stereocenters. The molecule has 0 saturated carbocycles. The summed E-state index contributed by atoms with van der Waals surface area (Å²) >= 11 is 3.42. The van der Waals surface area contributed by atoms with Crippen molar-refractivity contribution in [3.05, 3.63) is 59.2 Å². The van der Waals surface area contributed by atoms with Gasteiger partial charge in [0.15, 0.2) is 0 Å². The first-order chi connectivity index (χ1) is 8.33. The molecule has 2 nitrogen and oxygen atoms in total. The lowest BCUT2D eigenvalue weighted by atomic mass is 10.1. The van der Waals surface area contributed by atoms with Crippen LogP contribution in [-0.2, 0) is 0 Å². The van der Waals surface area contributed by atoms with E-state index >= 15 is 0 Å². The van der Waals surface area contributed by atoms with Gasteiger partial charge in [-0.15, -0.1) is 0 Å². The van der Waals surface area contributed by atoms with Crippen molar-refractivity contribution in [2.24, 2.45) is 0 Å². The summed E-state index contributed by atoms with van der Waals surface area (Å²) in [5, 5.41) is 0. The minimum absolute atomic E-state index is 0.899. The molecule has 1 heterocycles. The molecule has 3 aromatic rings. The van der Waals surface area contributed by atoms with Gasteiger partial charge in [-0.1, -0.05) is 40.2 Å². The number of hydrogen-bond donors (Lipinski definition) is 0. The molecule has 0 aliphatic heterocycles. The maximum Gasteiger partial charge on any atom is 0.0894 e. The van der Waals surface area contributed by atoms with E-state index in [0.29, 0.717) is 0 Å². The van der Waals surface area contributed by atoms with Gasteiger partial charge >= 0.3 is 0 Å². The predicted octanol–water partition coefficient (Wildman–Crippen LogP) is 4.06. The number of benzene rings is 2. The average Bonchev–Trinajstić information content (AvgIpc) is 2.39. The molecule has 0 amide bonds. The Kier molecular flexibility index (Phi) is 2.61. The first kappa shape index (κ1) is 10.4. The van der Waals surface area contributed by atoms with Crippen molar-refractivity contribution in [3.63, 3.8) is 0 Å². The normalized spacial score (nSPS) is 10.6. The van der Waals surface area contributed by atoms with E-state index in [1.54, 1.807) is 0 Å². The highest BCUT2D eigenvalue weighted by Crippen LogP contribution is 2.21. The van der Waals surface area contributed by atoms with E-state index in [9.17, 15) is 0 Å². The number of nitrogens with zero attached hydrogens (tertiary/aromatic N) is 2. The number of halogens is 1. The molecule has 82 valence electrons. The van der Waals surface area contributed by atoms with Crippen LogP contribution in [0, 0.1) is 0 Å². The van der Waals surface area contributed by atoms with Crippen molar-refractivity contribution < 1.29 is 0 Å². The molecule has 0 radical (unpaired) electrons. The molecule has 0 unspecified atom stereocenters. The molecule has 17 heavy (non-hydrogen) atoms. The summed E-state index contributed by atoms with van der Waals surface area (Å²) < 4.78 is 1.06. The van der Waals surface area contributed by atoms with E-state index < -0.39 is 0 Å². The molecule has 3 heteroatoms. The number of fused-ring (bicyclic) bond motifs is 1. The summed E-state index contributed by atoms with van der Waals surface area (Å²) in [5.74, 6) is 0. The fourth-order valence-electron chi connectivity index (χ4n) is 1.72. The lowest BCUT2D eigenvalue weighted by Gasteiger charge is -2.02. The number of rotatable bonds is 1. The van der Waals surface area contributed by atoms with E-state index in [1.807, 2.05) is 54.7 Å². The molecule has 0 spiro atoms. The van der Waals surface area contributed by atoms with Crippen LogP contribution in [0.5, 0.6) is 0 Å². The zero-order valence-corrected chi connectivity index (χ0v) is 10.6. The topological polar surface area (TPSA) is 25.8 Å². The van der Waals surface area contributed by atoms with Gasteiger partial charge < -0.3 is 0 Å². The second kappa shape index (κ2) is 4.26. The van der Waals surface area contributed by atoms with Gasteiger partial charge in [-0.05, 0) is 24.3 Å². The van der Waals surface area contributed by atoms with Gasteiger partial charge in [0, 0.05) is 10.0 Å². The summed E-state index contributed by atoms with van der Waals surface area (Å²) in [6.07, 6.45) is 1.81. The van der Waals surface area contributed by atoms with E-state index in [4.69, 9.17) is 0 Å². The molecular formula is C14H9BrN2. The highest BCUT2D eigenvalue weighted by Gasteiger charge is 2.01. The Labute approximate surface area is 107 Å². The number of hydrogen-bond acceptors (Lipinski definition) is 2. The van der Waals surface area contributed by atoms with E-state index in [2.05, 4.69) is 25.9 Å². The molecule has 0 fully saturated rings. The van der Waals surface area contributed by atoms with Crippen LogP contribution in [0.4, 0.5) is 0 Å². The Morgan fingerprint density at radius 3 is 2.29 bits per heavy atom. The molecule has 0 aliphatic carbocycles. The number of para-hydroxylation sites is 2. The monoisotopic (exact) mass is 284 g/mol. The van der Waals surface area contributed by atoms with Crippen LogP contribution in [0.3, 0.4) is 0 Å². The average molecular weight is 285 g/mol. The van der Waals surface area contributed by atoms with Crippen LogP contribution in [0.2, 0.25) is 0 Å². The van der Waals surface area contributed by atoms with Gasteiger partial charge in [0.05, 0.1) is 22.9 Å². The summed E-state index contributed by atoms with van der Waals surface area (Å²) in [7, 11) is 0. The van der Waals surface area contributed by atoms with E-state index in [0.717, 1.165) is 26.8 Å². The molecule has 3 rings (SSSR count). The van der Waals surface area contributed by atoms with Crippen molar-refractivity contribution in [2.75, 3.05) is 0 Å². The third-order valence-electron chi connectivity index (χ3n) is 2.59. The quantitative estimate of drug-likeness (QED) is 0.673. The van der Waals surface area contributed by atoms with Gasteiger partial charge in [-0.25, -0.2) is 4.98 Å². The third kappa shape index (κ3) is 2.06. The fourth-order valence-corrected chi connectivity index (χ4v) is 1.98. The largest absolute Gasteiger partial charge is 0.252 e. The molecule has 0 N–H and O–H groups in total. The van der Waals surface area contributed by atoms with Crippen molar-refractivity contribution in [2.45, 2.75) is 0 Å². The van der Waals surface area contributed by atoms with Crippen LogP contribution in [0.15, 0.2) is 59.2 Å². The molecular weight excluding hydrogens is 276 g/mol. The van der Waals surface area contributed by atoms with Crippen LogP contribution in [0.1, 0.15) is 0 Å². The van der Waals surface area contributed by atoms with Crippen molar-refractivity contribution >= 4 is 27.0 Å². The van der Waals surface area contributed by atoms with Gasteiger partial charge in [-0.2, -0.15) is 0 Å². The lowest BCUT2D eigenvalue weighted by Crippen LogP contribution is -1.87. The Balaban J connectivity index is 2.14. The fraction of sp³-hybridized carbons (Fsp3) is 0. The molecule has 1 aromatic heterocycles.